The molecule has 1 aromatic rings. The van der Waals surface area contributed by atoms with Gasteiger partial charge in [0.15, 0.2) is 0 Å². The fraction of sp³-hybridized carbons (Fsp3) is 0.579. The van der Waals surface area contributed by atoms with Gasteiger partial charge in [-0.2, -0.15) is 0 Å². The van der Waals surface area contributed by atoms with Crippen LogP contribution in [-0.4, -0.2) is 31.4 Å². The Morgan fingerprint density at radius 3 is 2.56 bits per heavy atom. The van der Waals surface area contributed by atoms with Crippen LogP contribution in [0.3, 0.4) is 0 Å². The number of nitrogens with zero attached hydrogens (tertiary/aromatic N) is 1. The van der Waals surface area contributed by atoms with Crippen molar-refractivity contribution in [3.63, 3.8) is 0 Å². The Kier molecular flexibility index (Phi) is 5.58. The molecule has 0 radical (unpaired) electrons. The normalized spacial score (nSPS) is 23.5. The van der Waals surface area contributed by atoms with Gasteiger partial charge < -0.3 is 21.7 Å². The summed E-state index contributed by atoms with van der Waals surface area (Å²) in [5, 5.41) is 3.02. The zero-order chi connectivity index (χ0) is 17.8. The van der Waals surface area contributed by atoms with E-state index in [2.05, 4.69) is 10.2 Å². The quantitative estimate of drug-likeness (QED) is 0.761. The molecular weight excluding hydrogens is 316 g/mol. The van der Waals surface area contributed by atoms with Gasteiger partial charge in [0.05, 0.1) is 11.3 Å². The second kappa shape index (κ2) is 7.87. The van der Waals surface area contributed by atoms with Crippen LogP contribution in [0, 0.1) is 11.8 Å². The molecule has 2 atom stereocenters. The fourth-order valence-corrected chi connectivity index (χ4v) is 4.11. The van der Waals surface area contributed by atoms with Gasteiger partial charge in [0, 0.05) is 24.7 Å². The lowest BCUT2D eigenvalue weighted by molar-refractivity contribution is -0.120. The molecule has 2 aliphatic rings. The van der Waals surface area contributed by atoms with Crippen molar-refractivity contribution in [3.8, 4) is 0 Å². The van der Waals surface area contributed by atoms with Crippen molar-refractivity contribution in [2.24, 2.45) is 23.3 Å². The summed E-state index contributed by atoms with van der Waals surface area (Å²) in [4.78, 5) is 26.6. The van der Waals surface area contributed by atoms with Crippen LogP contribution in [0.5, 0.6) is 0 Å². The molecule has 6 nitrogen and oxygen atoms in total. The van der Waals surface area contributed by atoms with Crippen molar-refractivity contribution in [2.45, 2.75) is 38.5 Å². The van der Waals surface area contributed by atoms with E-state index in [-0.39, 0.29) is 17.7 Å². The van der Waals surface area contributed by atoms with E-state index in [1.807, 2.05) is 6.07 Å². The maximum absolute atomic E-state index is 12.6. The molecule has 5 N–H and O–H groups in total. The Morgan fingerprint density at radius 2 is 1.88 bits per heavy atom. The molecule has 1 aromatic carbocycles. The highest BCUT2D eigenvalue weighted by molar-refractivity contribution is 6.01. The number of carbonyl (C=O) groups is 2. The molecule has 0 aromatic heterocycles. The average Bonchev–Trinajstić information content (AvgIpc) is 3.11. The van der Waals surface area contributed by atoms with Gasteiger partial charge in [0.25, 0.3) is 5.91 Å². The number of amides is 2. The van der Waals surface area contributed by atoms with Crippen LogP contribution in [0.15, 0.2) is 18.2 Å². The van der Waals surface area contributed by atoms with Gasteiger partial charge >= 0.3 is 0 Å². The molecule has 6 heteroatoms. The third kappa shape index (κ3) is 3.95. The lowest BCUT2D eigenvalue weighted by Crippen LogP contribution is -2.32. The maximum Gasteiger partial charge on any atom is 0.250 e. The Hall–Kier alpha value is -2.08. The summed E-state index contributed by atoms with van der Waals surface area (Å²) in [6.45, 7) is 2.38. The van der Waals surface area contributed by atoms with Crippen LogP contribution in [0.2, 0.25) is 0 Å². The van der Waals surface area contributed by atoms with Crippen LogP contribution in [0.4, 0.5) is 11.4 Å². The molecule has 2 fully saturated rings. The van der Waals surface area contributed by atoms with Crippen molar-refractivity contribution in [1.29, 1.82) is 0 Å². The van der Waals surface area contributed by atoms with Crippen molar-refractivity contribution < 1.29 is 9.59 Å². The fourth-order valence-electron chi connectivity index (χ4n) is 4.11. The van der Waals surface area contributed by atoms with Gasteiger partial charge in [0.1, 0.15) is 0 Å². The first-order valence-electron chi connectivity index (χ1n) is 9.30. The number of hydrogen-bond donors (Lipinski definition) is 3. The molecule has 0 bridgehead atoms. The van der Waals surface area contributed by atoms with Gasteiger partial charge in [-0.05, 0) is 62.8 Å². The SMILES string of the molecule is NC[C@H]1CCC[C@H]1C(=O)Nc1ccc(C(N)=O)c(N2CCCCC2)c1. The van der Waals surface area contributed by atoms with E-state index in [1.165, 1.54) is 6.42 Å². The van der Waals surface area contributed by atoms with E-state index in [4.69, 9.17) is 11.5 Å². The molecule has 0 spiro atoms. The first-order valence-corrected chi connectivity index (χ1v) is 9.30. The summed E-state index contributed by atoms with van der Waals surface area (Å²) in [5.41, 5.74) is 13.4. The molecule has 3 rings (SSSR count). The zero-order valence-corrected chi connectivity index (χ0v) is 14.7. The Bertz CT molecular complexity index is 640. The first kappa shape index (κ1) is 17.7. The summed E-state index contributed by atoms with van der Waals surface area (Å²) in [6.07, 6.45) is 6.39. The molecule has 2 amide bonds. The van der Waals surface area contributed by atoms with Crippen molar-refractivity contribution in [1.82, 2.24) is 0 Å². The van der Waals surface area contributed by atoms with Gasteiger partial charge in [-0.25, -0.2) is 0 Å². The highest BCUT2D eigenvalue weighted by Gasteiger charge is 2.32. The minimum atomic E-state index is -0.433. The molecule has 1 saturated heterocycles. The number of primary amides is 1. The minimum absolute atomic E-state index is 0.0146. The second-order valence-corrected chi connectivity index (χ2v) is 7.17. The molecule has 1 aliphatic carbocycles. The van der Waals surface area contributed by atoms with E-state index in [0.29, 0.717) is 12.1 Å². The average molecular weight is 344 g/mol. The largest absolute Gasteiger partial charge is 0.371 e. The number of benzene rings is 1. The van der Waals surface area contributed by atoms with Crippen molar-refractivity contribution in [2.75, 3.05) is 29.9 Å². The number of anilines is 2. The standard InChI is InChI=1S/C19H28N4O2/c20-12-13-5-4-6-15(13)19(25)22-14-7-8-16(18(21)24)17(11-14)23-9-2-1-3-10-23/h7-8,11,13,15H,1-6,9-10,12,20H2,(H2,21,24)(H,22,25)/t13-,15-/m1/s1. The van der Waals surface area contributed by atoms with Crippen molar-refractivity contribution in [3.05, 3.63) is 23.8 Å². The highest BCUT2D eigenvalue weighted by Crippen LogP contribution is 2.33. The summed E-state index contributed by atoms with van der Waals surface area (Å²) in [5.74, 6) is -0.146. The van der Waals surface area contributed by atoms with Crippen LogP contribution in [-0.2, 0) is 4.79 Å². The second-order valence-electron chi connectivity index (χ2n) is 7.17. The van der Waals surface area contributed by atoms with Crippen LogP contribution in [0.25, 0.3) is 0 Å². The minimum Gasteiger partial charge on any atom is -0.371 e. The third-order valence-corrected chi connectivity index (χ3v) is 5.53. The third-order valence-electron chi connectivity index (χ3n) is 5.53. The molecule has 1 aliphatic heterocycles. The summed E-state index contributed by atoms with van der Waals surface area (Å²) < 4.78 is 0. The zero-order valence-electron chi connectivity index (χ0n) is 14.7. The van der Waals surface area contributed by atoms with Crippen LogP contribution < -0.4 is 21.7 Å². The molecular formula is C19H28N4O2. The number of piperidine rings is 1. The van der Waals surface area contributed by atoms with Gasteiger partial charge in [-0.3, -0.25) is 9.59 Å². The Morgan fingerprint density at radius 1 is 1.12 bits per heavy atom. The molecule has 1 heterocycles. The van der Waals surface area contributed by atoms with Crippen LogP contribution >= 0.6 is 0 Å². The number of carbonyl (C=O) groups excluding carboxylic acids is 2. The highest BCUT2D eigenvalue weighted by atomic mass is 16.2. The maximum atomic E-state index is 12.6. The topological polar surface area (TPSA) is 101 Å². The van der Waals surface area contributed by atoms with Gasteiger partial charge in [0.2, 0.25) is 5.91 Å². The van der Waals surface area contributed by atoms with E-state index in [0.717, 1.165) is 56.6 Å². The molecule has 25 heavy (non-hydrogen) atoms. The molecule has 0 unspecified atom stereocenters. The van der Waals surface area contributed by atoms with Gasteiger partial charge in [-0.1, -0.05) is 6.42 Å². The predicted molar refractivity (Wildman–Crippen MR) is 99.5 cm³/mol. The lowest BCUT2D eigenvalue weighted by atomic mass is 9.95. The molecule has 136 valence electrons. The number of nitrogens with one attached hydrogen (secondary N) is 1. The van der Waals surface area contributed by atoms with E-state index < -0.39 is 5.91 Å². The van der Waals surface area contributed by atoms with Crippen molar-refractivity contribution >= 4 is 23.2 Å². The smallest absolute Gasteiger partial charge is 0.250 e. The molecule has 1 saturated carbocycles. The van der Waals surface area contributed by atoms with Crippen LogP contribution in [0.1, 0.15) is 48.9 Å². The monoisotopic (exact) mass is 344 g/mol. The summed E-state index contributed by atoms with van der Waals surface area (Å²) >= 11 is 0. The summed E-state index contributed by atoms with van der Waals surface area (Å²) in [6, 6.07) is 5.37. The first-order chi connectivity index (χ1) is 12.1. The Balaban J connectivity index is 1.79. The number of nitrogens with two attached hydrogens (primary N) is 2. The number of rotatable bonds is 5. The van der Waals surface area contributed by atoms with E-state index in [9.17, 15) is 9.59 Å². The number of hydrogen-bond acceptors (Lipinski definition) is 4. The summed E-state index contributed by atoms with van der Waals surface area (Å²) in [7, 11) is 0. The predicted octanol–water partition coefficient (Wildman–Crippen LogP) is 2.09. The lowest BCUT2D eigenvalue weighted by Gasteiger charge is -2.30. The van der Waals surface area contributed by atoms with E-state index >= 15 is 0 Å². The Labute approximate surface area is 148 Å². The van der Waals surface area contributed by atoms with E-state index in [1.54, 1.807) is 12.1 Å². The van der Waals surface area contributed by atoms with Gasteiger partial charge in [-0.15, -0.1) is 0 Å².